The molecule has 0 fully saturated rings. The van der Waals surface area contributed by atoms with Gasteiger partial charge in [0.1, 0.15) is 0 Å². The van der Waals surface area contributed by atoms with E-state index in [1.54, 1.807) is 0 Å². The molecule has 2 aliphatic rings. The third kappa shape index (κ3) is 6.30. The van der Waals surface area contributed by atoms with Crippen LogP contribution in [0.2, 0.25) is 0 Å². The average molecular weight is 703 g/mol. The number of nitrogens with zero attached hydrogens (tertiary/aromatic N) is 1. The molecule has 6 aromatic carbocycles. The molecule has 6 aromatic rings. The molecule has 2 nitrogen and oxygen atoms in total. The lowest BCUT2D eigenvalue weighted by molar-refractivity contribution is 0.643. The van der Waals surface area contributed by atoms with Crippen molar-refractivity contribution in [3.05, 3.63) is 209 Å². The summed E-state index contributed by atoms with van der Waals surface area (Å²) >= 11 is 0. The highest BCUT2D eigenvalue weighted by Gasteiger charge is 2.36. The maximum atomic E-state index is 4.73. The van der Waals surface area contributed by atoms with Gasteiger partial charge in [0, 0.05) is 33.6 Å². The number of para-hydroxylation sites is 2. The maximum absolute atomic E-state index is 4.73. The summed E-state index contributed by atoms with van der Waals surface area (Å²) in [6, 6.07) is 48.1. The van der Waals surface area contributed by atoms with Crippen LogP contribution in [0.15, 0.2) is 192 Å². The monoisotopic (exact) mass is 702 g/mol. The molecule has 0 saturated carbocycles. The number of fused-ring (bicyclic) bond motifs is 4. The van der Waals surface area contributed by atoms with Crippen molar-refractivity contribution in [3.8, 4) is 0 Å². The first kappa shape index (κ1) is 35.2. The average Bonchev–Trinajstić information content (AvgIpc) is 3.46. The molecule has 0 atom stereocenters. The fourth-order valence-corrected chi connectivity index (χ4v) is 8.78. The molecule has 268 valence electrons. The number of nitrogens with one attached hydrogen (secondary N) is 1. The Morgan fingerprint density at radius 2 is 1.30 bits per heavy atom. The summed E-state index contributed by atoms with van der Waals surface area (Å²) in [6.07, 6.45) is 12.4. The number of anilines is 3. The summed E-state index contributed by atoms with van der Waals surface area (Å²) in [7, 11) is 0. The normalized spacial score (nSPS) is 17.1. The first-order valence-electron chi connectivity index (χ1n) is 19.4. The Kier molecular flexibility index (Phi) is 9.24. The molecule has 0 aromatic heterocycles. The van der Waals surface area contributed by atoms with Gasteiger partial charge in [-0.25, -0.2) is 0 Å². The minimum Gasteiger partial charge on any atom is -0.358 e. The summed E-state index contributed by atoms with van der Waals surface area (Å²) in [5, 5.41) is 8.98. The number of hydrogen-bond acceptors (Lipinski definition) is 2. The molecular formula is C52H50N2. The minimum absolute atomic E-state index is 0.170. The van der Waals surface area contributed by atoms with E-state index in [9.17, 15) is 0 Å². The number of allylic oxidation sites excluding steroid dienone is 8. The summed E-state index contributed by atoms with van der Waals surface area (Å²) in [6.45, 7) is 16.3. The Labute approximate surface area is 321 Å². The van der Waals surface area contributed by atoms with Crippen molar-refractivity contribution in [1.29, 1.82) is 0 Å². The number of benzene rings is 6. The van der Waals surface area contributed by atoms with Crippen LogP contribution in [0, 0.1) is 6.92 Å². The Balaban J connectivity index is 1.26. The van der Waals surface area contributed by atoms with Crippen molar-refractivity contribution in [3.63, 3.8) is 0 Å². The van der Waals surface area contributed by atoms with Crippen molar-refractivity contribution in [2.45, 2.75) is 64.7 Å². The Morgan fingerprint density at radius 1 is 0.704 bits per heavy atom. The van der Waals surface area contributed by atoms with Gasteiger partial charge in [-0.15, -0.1) is 0 Å². The third-order valence-electron chi connectivity index (χ3n) is 11.8. The van der Waals surface area contributed by atoms with Gasteiger partial charge < -0.3 is 10.2 Å². The van der Waals surface area contributed by atoms with Gasteiger partial charge in [-0.3, -0.25) is 0 Å². The quantitative estimate of drug-likeness (QED) is 0.159. The highest BCUT2D eigenvalue weighted by molar-refractivity contribution is 5.94. The fourth-order valence-electron chi connectivity index (χ4n) is 8.78. The van der Waals surface area contributed by atoms with Crippen LogP contribution in [0.5, 0.6) is 0 Å². The van der Waals surface area contributed by atoms with Crippen LogP contribution in [0.25, 0.3) is 21.5 Å². The SMILES string of the molecule is C=C(/C=C/C1=C(N(c2ccccc2)c2ccccc2)C(=C/C=C2/Nc3ccc4ccccc4c3C2(C)C)/CCC1)C(C)(C)c1c(C)ccc2ccccc12. The van der Waals surface area contributed by atoms with E-state index in [1.807, 2.05) is 0 Å². The molecule has 1 N–H and O–H groups in total. The first-order valence-corrected chi connectivity index (χ1v) is 19.4. The molecule has 0 spiro atoms. The Morgan fingerprint density at radius 3 is 1.98 bits per heavy atom. The molecule has 1 heterocycles. The predicted molar refractivity (Wildman–Crippen MR) is 233 cm³/mol. The van der Waals surface area contributed by atoms with E-state index in [2.05, 4.69) is 203 Å². The van der Waals surface area contributed by atoms with Crippen LogP contribution in [0.3, 0.4) is 0 Å². The Hall–Kier alpha value is -5.86. The zero-order chi connectivity index (χ0) is 37.5. The van der Waals surface area contributed by atoms with Crippen molar-refractivity contribution in [2.24, 2.45) is 0 Å². The van der Waals surface area contributed by atoms with E-state index >= 15 is 0 Å². The first-order chi connectivity index (χ1) is 26.1. The lowest BCUT2D eigenvalue weighted by Crippen LogP contribution is -2.23. The third-order valence-corrected chi connectivity index (χ3v) is 11.8. The predicted octanol–water partition coefficient (Wildman–Crippen LogP) is 14.2. The minimum atomic E-state index is -0.266. The standard InChI is InChI=1S/C52H50N2/c1-36-28-30-38-18-13-15-26-44(38)48(36)51(3,4)37(2)29-31-40-20-17-21-41(50(40)54(42-22-9-7-10-23-42)43-24-11-8-12-25-43)33-35-47-52(5,6)49-45-27-16-14-19-39(45)32-34-46(49)53-47/h7-16,18-19,22-35,53H,2,17,20-21H2,1,3-6H3/b31-29+,41-33+,47-35+. The van der Waals surface area contributed by atoms with Crippen LogP contribution in [-0.2, 0) is 10.8 Å². The van der Waals surface area contributed by atoms with Crippen LogP contribution >= 0.6 is 0 Å². The smallest absolute Gasteiger partial charge is 0.0525 e. The number of aryl methyl sites for hydroxylation is 1. The summed E-state index contributed by atoms with van der Waals surface area (Å²) in [4.78, 5) is 2.46. The highest BCUT2D eigenvalue weighted by atomic mass is 15.2. The summed E-state index contributed by atoms with van der Waals surface area (Å²) < 4.78 is 0. The zero-order valence-electron chi connectivity index (χ0n) is 32.3. The van der Waals surface area contributed by atoms with Gasteiger partial charge in [0.15, 0.2) is 0 Å². The van der Waals surface area contributed by atoms with Crippen molar-refractivity contribution in [2.75, 3.05) is 10.2 Å². The topological polar surface area (TPSA) is 15.3 Å². The second-order valence-electron chi connectivity index (χ2n) is 15.9. The molecule has 0 bridgehead atoms. The van der Waals surface area contributed by atoms with Crippen LogP contribution in [0.1, 0.15) is 63.6 Å². The lowest BCUT2D eigenvalue weighted by atomic mass is 9.74. The molecule has 2 heteroatoms. The van der Waals surface area contributed by atoms with E-state index < -0.39 is 0 Å². The molecule has 0 radical (unpaired) electrons. The highest BCUT2D eigenvalue weighted by Crippen LogP contribution is 2.48. The van der Waals surface area contributed by atoms with Crippen molar-refractivity contribution < 1.29 is 0 Å². The summed E-state index contributed by atoms with van der Waals surface area (Å²) in [5.41, 5.74) is 13.3. The maximum Gasteiger partial charge on any atom is 0.0525 e. The number of hydrogen-bond donors (Lipinski definition) is 1. The van der Waals surface area contributed by atoms with Gasteiger partial charge in [0.05, 0.1) is 5.70 Å². The Bertz CT molecular complexity index is 2470. The van der Waals surface area contributed by atoms with Crippen LogP contribution in [0.4, 0.5) is 17.1 Å². The number of rotatable bonds is 8. The van der Waals surface area contributed by atoms with E-state index in [1.165, 1.54) is 66.5 Å². The van der Waals surface area contributed by atoms with Gasteiger partial charge in [-0.2, -0.15) is 0 Å². The van der Waals surface area contributed by atoms with Gasteiger partial charge in [0.2, 0.25) is 0 Å². The lowest BCUT2D eigenvalue weighted by Gasteiger charge is -2.34. The molecule has 8 rings (SSSR count). The van der Waals surface area contributed by atoms with Crippen molar-refractivity contribution >= 4 is 38.6 Å². The summed E-state index contributed by atoms with van der Waals surface area (Å²) in [5.74, 6) is 0. The van der Waals surface area contributed by atoms with Crippen LogP contribution < -0.4 is 10.2 Å². The van der Waals surface area contributed by atoms with Gasteiger partial charge in [-0.1, -0.05) is 156 Å². The van der Waals surface area contributed by atoms with E-state index in [0.29, 0.717) is 0 Å². The molecule has 0 amide bonds. The zero-order valence-corrected chi connectivity index (χ0v) is 32.3. The molecule has 1 aliphatic carbocycles. The van der Waals surface area contributed by atoms with Crippen LogP contribution in [-0.4, -0.2) is 0 Å². The largest absolute Gasteiger partial charge is 0.358 e. The van der Waals surface area contributed by atoms with E-state index in [4.69, 9.17) is 6.58 Å². The van der Waals surface area contributed by atoms with Gasteiger partial charge >= 0.3 is 0 Å². The van der Waals surface area contributed by atoms with E-state index in [-0.39, 0.29) is 10.8 Å². The molecular weight excluding hydrogens is 653 g/mol. The molecule has 0 saturated heterocycles. The van der Waals surface area contributed by atoms with Gasteiger partial charge in [0.25, 0.3) is 0 Å². The second-order valence-corrected chi connectivity index (χ2v) is 15.9. The fraction of sp³-hybridized carbons (Fsp3) is 0.192. The van der Waals surface area contributed by atoms with Crippen molar-refractivity contribution in [1.82, 2.24) is 0 Å². The van der Waals surface area contributed by atoms with Gasteiger partial charge in [-0.05, 0) is 118 Å². The van der Waals surface area contributed by atoms with E-state index in [0.717, 1.165) is 36.2 Å². The molecule has 54 heavy (non-hydrogen) atoms. The second kappa shape index (κ2) is 14.2. The molecule has 0 unspecified atom stereocenters. The molecule has 1 aliphatic heterocycles.